The lowest BCUT2D eigenvalue weighted by atomic mass is 9.91. The summed E-state index contributed by atoms with van der Waals surface area (Å²) in [6.45, 7) is 12.4. The van der Waals surface area contributed by atoms with Crippen molar-refractivity contribution in [1.82, 2.24) is 9.62 Å². The number of aryl methyl sites for hydroxylation is 1. The Balaban J connectivity index is 1.95. The van der Waals surface area contributed by atoms with Gasteiger partial charge in [-0.15, -0.1) is 0 Å². The predicted octanol–water partition coefficient (Wildman–Crippen LogP) is 6.90. The Bertz CT molecular complexity index is 1320. The van der Waals surface area contributed by atoms with E-state index in [9.17, 15) is 14.1 Å². The molecular weight excluding hydrogens is 626 g/mol. The highest BCUT2D eigenvalue weighted by Gasteiger charge is 2.30. The monoisotopic (exact) mass is 675 g/mol. The van der Waals surface area contributed by atoms with Crippen LogP contribution in [0.2, 0.25) is 5.02 Å². The molecule has 0 bridgehead atoms. The van der Waals surface area contributed by atoms with Crippen LogP contribution in [0.1, 0.15) is 70.9 Å². The smallest absolute Gasteiger partial charge is 0.409 e. The second-order valence-electron chi connectivity index (χ2n) is 12.7. The van der Waals surface area contributed by atoms with Crippen molar-refractivity contribution in [2.75, 3.05) is 45.3 Å². The van der Waals surface area contributed by atoms with Crippen LogP contribution in [0.25, 0.3) is 0 Å². The number of hydrogen-bond donors (Lipinski definition) is 1. The number of amides is 2. The summed E-state index contributed by atoms with van der Waals surface area (Å²) < 4.78 is 33.3. The van der Waals surface area contributed by atoms with E-state index in [0.717, 1.165) is 24.9 Å². The van der Waals surface area contributed by atoms with Gasteiger partial charge in [0, 0.05) is 50.1 Å². The van der Waals surface area contributed by atoms with Gasteiger partial charge in [0.1, 0.15) is 23.2 Å². The lowest BCUT2D eigenvalue weighted by Gasteiger charge is -2.31. The van der Waals surface area contributed by atoms with E-state index in [1.165, 1.54) is 16.0 Å². The number of hydrogen-bond acceptors (Lipinski definition) is 7. The van der Waals surface area contributed by atoms with Gasteiger partial charge in [-0.1, -0.05) is 44.0 Å². The highest BCUT2D eigenvalue weighted by Crippen LogP contribution is 2.38. The van der Waals surface area contributed by atoms with Gasteiger partial charge in [-0.2, -0.15) is 4.72 Å². The zero-order valence-corrected chi connectivity index (χ0v) is 29.8. The van der Waals surface area contributed by atoms with Gasteiger partial charge < -0.3 is 28.6 Å². The third-order valence-electron chi connectivity index (χ3n) is 7.88. The van der Waals surface area contributed by atoms with Crippen LogP contribution in [0.15, 0.2) is 53.4 Å². The number of nitrogens with zero attached hydrogens (tertiary/aromatic N) is 2. The first-order valence-corrected chi connectivity index (χ1v) is 17.5. The van der Waals surface area contributed by atoms with Crippen molar-refractivity contribution in [3.63, 3.8) is 0 Å². The van der Waals surface area contributed by atoms with Crippen molar-refractivity contribution in [1.29, 1.82) is 0 Å². The first kappa shape index (κ1) is 37.5. The number of rotatable bonds is 15. The quantitative estimate of drug-likeness (QED) is 0.124. The molecule has 2 aromatic rings. The number of benzene rings is 2. The largest absolute Gasteiger partial charge is 0.588 e. The van der Waals surface area contributed by atoms with Gasteiger partial charge in [0.05, 0.1) is 24.5 Å². The van der Waals surface area contributed by atoms with E-state index in [0.29, 0.717) is 54.8 Å². The molecule has 2 aromatic carbocycles. The fourth-order valence-electron chi connectivity index (χ4n) is 5.48. The second kappa shape index (κ2) is 17.8. The summed E-state index contributed by atoms with van der Waals surface area (Å²) in [4.78, 5) is 27.9. The van der Waals surface area contributed by atoms with E-state index in [1.807, 2.05) is 57.2 Å². The summed E-state index contributed by atoms with van der Waals surface area (Å²) in [5, 5.41) is 0.710. The molecule has 1 heterocycles. The number of ether oxygens (including phenoxy) is 3. The maximum absolute atomic E-state index is 12.7. The molecule has 0 spiro atoms. The van der Waals surface area contributed by atoms with E-state index in [4.69, 9.17) is 25.8 Å². The van der Waals surface area contributed by atoms with Crippen LogP contribution >= 0.6 is 11.6 Å². The number of anilines is 1. The molecule has 3 rings (SSSR count). The van der Waals surface area contributed by atoms with Gasteiger partial charge in [-0.25, -0.2) is 4.79 Å². The Kier molecular flexibility index (Phi) is 14.6. The summed E-state index contributed by atoms with van der Waals surface area (Å²) in [5.41, 5.74) is 2.92. The van der Waals surface area contributed by atoms with Gasteiger partial charge in [0.15, 0.2) is 4.90 Å². The van der Waals surface area contributed by atoms with Gasteiger partial charge in [-0.05, 0) is 81.5 Å². The van der Waals surface area contributed by atoms with E-state index >= 15 is 0 Å². The molecular formula is C35H50ClN3O6S. The van der Waals surface area contributed by atoms with Gasteiger partial charge >= 0.3 is 6.09 Å². The second-order valence-corrected chi connectivity index (χ2v) is 14.4. The summed E-state index contributed by atoms with van der Waals surface area (Å²) in [5.74, 6) is 0.745. The van der Waals surface area contributed by atoms with Crippen molar-refractivity contribution in [3.05, 3.63) is 64.7 Å². The molecule has 0 aliphatic carbocycles. The molecule has 254 valence electrons. The number of carbonyl (C=O) groups is 2. The van der Waals surface area contributed by atoms with Crippen molar-refractivity contribution >= 4 is 41.2 Å². The number of fused-ring (bicyclic) bond motifs is 1. The molecule has 2 amide bonds. The maximum Gasteiger partial charge on any atom is 0.409 e. The van der Waals surface area contributed by atoms with E-state index < -0.39 is 23.6 Å². The molecule has 0 saturated carbocycles. The Hall–Kier alpha value is -2.92. The summed E-state index contributed by atoms with van der Waals surface area (Å²) in [6.07, 6.45) is 6.81. The molecule has 0 radical (unpaired) electrons. The van der Waals surface area contributed by atoms with Crippen LogP contribution < -0.4 is 14.4 Å². The maximum atomic E-state index is 12.7. The number of carbonyl (C=O) groups excluding carboxylic acids is 2. The van der Waals surface area contributed by atoms with Gasteiger partial charge in [-0.3, -0.25) is 4.79 Å². The van der Waals surface area contributed by atoms with E-state index in [-0.39, 0.29) is 17.4 Å². The van der Waals surface area contributed by atoms with E-state index in [2.05, 4.69) is 29.5 Å². The average Bonchev–Trinajstić information content (AvgIpc) is 3.18. The minimum Gasteiger partial charge on any atom is -0.588 e. The van der Waals surface area contributed by atoms with Gasteiger partial charge in [0.2, 0.25) is 6.41 Å². The minimum atomic E-state index is -1.70. The standard InChI is InChI=1S/C35H50ClN3O6S/c1-8-11-26-20-28(36)13-15-30(26)27-22-39(31-21-29(46(42)37-24-40)14-16-33(31)43-23-27)18-17-25(9-2)32(45-34(41)38(6)7)12-10-19-44-35(3,4)5/h10,12-16,20-21,24-25,27,32H,8-9,11,17-19,22-23H2,1-7H3,(H,37,40)/b12-10+. The Morgan fingerprint density at radius 1 is 1.24 bits per heavy atom. The topological polar surface area (TPSA) is 103 Å². The molecule has 0 fully saturated rings. The number of halogens is 1. The fraction of sp³-hybridized carbons (Fsp3) is 0.543. The van der Waals surface area contributed by atoms with Crippen LogP contribution in [-0.4, -0.2) is 74.1 Å². The molecule has 4 atom stereocenters. The normalized spacial score (nSPS) is 17.0. The van der Waals surface area contributed by atoms with Gasteiger partial charge in [0.25, 0.3) is 0 Å². The summed E-state index contributed by atoms with van der Waals surface area (Å²) in [7, 11) is 3.34. The molecule has 1 aliphatic heterocycles. The lowest BCUT2D eigenvalue weighted by molar-refractivity contribution is -0.108. The van der Waals surface area contributed by atoms with Crippen LogP contribution in [-0.2, 0) is 32.1 Å². The minimum absolute atomic E-state index is 0.0149. The first-order valence-electron chi connectivity index (χ1n) is 16.0. The van der Waals surface area contributed by atoms with Crippen molar-refractivity contribution in [2.24, 2.45) is 5.92 Å². The third kappa shape index (κ3) is 11.1. The Labute approximate surface area is 282 Å². The summed E-state index contributed by atoms with van der Waals surface area (Å²) >= 11 is 4.70. The molecule has 46 heavy (non-hydrogen) atoms. The van der Waals surface area contributed by atoms with Crippen LogP contribution in [0.3, 0.4) is 0 Å². The summed E-state index contributed by atoms with van der Waals surface area (Å²) in [6, 6.07) is 11.4. The fourth-order valence-corrected chi connectivity index (χ4v) is 6.31. The van der Waals surface area contributed by atoms with Crippen LogP contribution in [0, 0.1) is 5.92 Å². The van der Waals surface area contributed by atoms with E-state index in [1.54, 1.807) is 20.2 Å². The molecule has 1 aliphatic rings. The lowest BCUT2D eigenvalue weighted by Crippen LogP contribution is -2.35. The van der Waals surface area contributed by atoms with Crippen molar-refractivity contribution < 1.29 is 28.4 Å². The SMILES string of the molecule is CCCc1cc(Cl)ccc1C1COc2ccc([S+]([O-])NC=O)cc2N(CCC(CC)C(/C=C/COC(C)(C)C)OC(=O)N(C)C)C1. The molecule has 4 unspecified atom stereocenters. The highest BCUT2D eigenvalue weighted by molar-refractivity contribution is 7.90. The van der Waals surface area contributed by atoms with Crippen LogP contribution in [0.5, 0.6) is 5.75 Å². The zero-order valence-electron chi connectivity index (χ0n) is 28.2. The first-order chi connectivity index (χ1) is 21.9. The molecule has 11 heteroatoms. The highest BCUT2D eigenvalue weighted by atomic mass is 35.5. The number of nitrogens with one attached hydrogen (secondary N) is 1. The Morgan fingerprint density at radius 2 is 2.00 bits per heavy atom. The molecule has 0 saturated heterocycles. The molecule has 0 aromatic heterocycles. The van der Waals surface area contributed by atoms with Crippen molar-refractivity contribution in [3.8, 4) is 5.75 Å². The van der Waals surface area contributed by atoms with Crippen molar-refractivity contribution in [2.45, 2.75) is 82.8 Å². The molecule has 1 N–H and O–H groups in total. The molecule has 9 nitrogen and oxygen atoms in total. The average molecular weight is 676 g/mol. The Morgan fingerprint density at radius 3 is 2.65 bits per heavy atom. The predicted molar refractivity (Wildman–Crippen MR) is 185 cm³/mol. The van der Waals surface area contributed by atoms with Crippen LogP contribution in [0.4, 0.5) is 10.5 Å². The zero-order chi connectivity index (χ0) is 33.9. The third-order valence-corrected chi connectivity index (χ3v) is 9.11.